The van der Waals surface area contributed by atoms with Gasteiger partial charge in [-0.3, -0.25) is 4.98 Å². The van der Waals surface area contributed by atoms with E-state index in [4.69, 9.17) is 15.2 Å². The molecule has 1 atom stereocenters. The molecule has 84 valence electrons. The zero-order chi connectivity index (χ0) is 11.3. The van der Waals surface area contributed by atoms with Gasteiger partial charge in [-0.2, -0.15) is 0 Å². The summed E-state index contributed by atoms with van der Waals surface area (Å²) in [5.74, 6) is 0.622. The van der Waals surface area contributed by atoms with Crippen LogP contribution in [0.1, 0.15) is 13.8 Å². The van der Waals surface area contributed by atoms with Crippen molar-refractivity contribution < 1.29 is 9.47 Å². The minimum Gasteiger partial charge on any atom is -0.485 e. The number of hydrogen-bond acceptors (Lipinski definition) is 4. The molecule has 0 aliphatic carbocycles. The smallest absolute Gasteiger partial charge is 0.160 e. The normalized spacial score (nSPS) is 12.5. The number of aromatic nitrogens is 1. The van der Waals surface area contributed by atoms with Crippen LogP contribution in [0.15, 0.2) is 16.9 Å². The molecule has 1 aromatic rings. The molecular weight excluding hydrogens is 260 g/mol. The fourth-order valence-electron chi connectivity index (χ4n) is 1.08. The standard InChI is InChI=1S/C10H15BrN2O2/c1-3-14-6-7(2)15-10-8(11)4-13-5-9(10)12/h4-5,7H,3,6,12H2,1-2H3. The van der Waals surface area contributed by atoms with Crippen LogP contribution in [0.3, 0.4) is 0 Å². The molecule has 0 aliphatic heterocycles. The molecule has 0 amide bonds. The molecule has 0 fully saturated rings. The lowest BCUT2D eigenvalue weighted by atomic mass is 10.3. The molecule has 1 rings (SSSR count). The number of nitrogen functional groups attached to an aromatic ring is 1. The lowest BCUT2D eigenvalue weighted by Crippen LogP contribution is -2.20. The van der Waals surface area contributed by atoms with E-state index in [1.54, 1.807) is 12.4 Å². The maximum Gasteiger partial charge on any atom is 0.160 e. The van der Waals surface area contributed by atoms with Crippen molar-refractivity contribution in [1.82, 2.24) is 4.98 Å². The van der Waals surface area contributed by atoms with Gasteiger partial charge in [-0.05, 0) is 29.8 Å². The fourth-order valence-corrected chi connectivity index (χ4v) is 1.52. The van der Waals surface area contributed by atoms with Gasteiger partial charge in [0.2, 0.25) is 0 Å². The van der Waals surface area contributed by atoms with Crippen molar-refractivity contribution in [2.45, 2.75) is 20.0 Å². The molecule has 1 heterocycles. The van der Waals surface area contributed by atoms with Crippen LogP contribution in [0, 0.1) is 0 Å². The van der Waals surface area contributed by atoms with Crippen molar-refractivity contribution in [2.24, 2.45) is 0 Å². The van der Waals surface area contributed by atoms with E-state index in [-0.39, 0.29) is 6.10 Å². The molecule has 1 unspecified atom stereocenters. The molecule has 0 aliphatic rings. The zero-order valence-corrected chi connectivity index (χ0v) is 10.5. The van der Waals surface area contributed by atoms with Gasteiger partial charge < -0.3 is 15.2 Å². The number of halogens is 1. The summed E-state index contributed by atoms with van der Waals surface area (Å²) in [7, 11) is 0. The van der Waals surface area contributed by atoms with E-state index in [0.29, 0.717) is 24.7 Å². The van der Waals surface area contributed by atoms with Crippen molar-refractivity contribution in [3.05, 3.63) is 16.9 Å². The predicted molar refractivity (Wildman–Crippen MR) is 62.9 cm³/mol. The van der Waals surface area contributed by atoms with E-state index < -0.39 is 0 Å². The van der Waals surface area contributed by atoms with E-state index in [1.807, 2.05) is 13.8 Å². The summed E-state index contributed by atoms with van der Waals surface area (Å²) in [4.78, 5) is 3.93. The first-order valence-corrected chi connectivity index (χ1v) is 5.57. The Bertz CT molecular complexity index is 300. The number of rotatable bonds is 5. The fraction of sp³-hybridized carbons (Fsp3) is 0.500. The highest BCUT2D eigenvalue weighted by Crippen LogP contribution is 2.30. The average molecular weight is 275 g/mol. The maximum absolute atomic E-state index is 5.74. The van der Waals surface area contributed by atoms with Crippen molar-refractivity contribution in [2.75, 3.05) is 18.9 Å². The van der Waals surface area contributed by atoms with Gasteiger partial charge in [0, 0.05) is 12.8 Å². The summed E-state index contributed by atoms with van der Waals surface area (Å²) < 4.78 is 11.6. The Morgan fingerprint density at radius 3 is 2.87 bits per heavy atom. The van der Waals surface area contributed by atoms with Crippen LogP contribution in [-0.2, 0) is 4.74 Å². The SMILES string of the molecule is CCOCC(C)Oc1c(N)cncc1Br. The first kappa shape index (κ1) is 12.3. The van der Waals surface area contributed by atoms with E-state index in [0.717, 1.165) is 4.47 Å². The molecule has 4 nitrogen and oxygen atoms in total. The van der Waals surface area contributed by atoms with Crippen LogP contribution in [0.25, 0.3) is 0 Å². The van der Waals surface area contributed by atoms with Crippen LogP contribution in [-0.4, -0.2) is 24.3 Å². The lowest BCUT2D eigenvalue weighted by molar-refractivity contribution is 0.0657. The Morgan fingerprint density at radius 1 is 1.53 bits per heavy atom. The third kappa shape index (κ3) is 3.68. The Balaban J connectivity index is 2.63. The summed E-state index contributed by atoms with van der Waals surface area (Å²) in [5, 5.41) is 0. The molecule has 0 saturated carbocycles. The summed E-state index contributed by atoms with van der Waals surface area (Å²) in [6.07, 6.45) is 3.18. The van der Waals surface area contributed by atoms with Gasteiger partial charge >= 0.3 is 0 Å². The highest BCUT2D eigenvalue weighted by atomic mass is 79.9. The first-order chi connectivity index (χ1) is 7.15. The Kier molecular flexibility index (Phi) is 4.84. The summed E-state index contributed by atoms with van der Waals surface area (Å²) in [6, 6.07) is 0. The second-order valence-corrected chi connectivity index (χ2v) is 3.98. The van der Waals surface area contributed by atoms with Gasteiger partial charge in [0.15, 0.2) is 5.75 Å². The minimum absolute atomic E-state index is 0.0362. The molecule has 0 bridgehead atoms. The lowest BCUT2D eigenvalue weighted by Gasteiger charge is -2.16. The van der Waals surface area contributed by atoms with Crippen LogP contribution in [0.5, 0.6) is 5.75 Å². The highest BCUT2D eigenvalue weighted by molar-refractivity contribution is 9.10. The van der Waals surface area contributed by atoms with Gasteiger partial charge in [0.05, 0.1) is 23.0 Å². The average Bonchev–Trinajstić information content (AvgIpc) is 2.21. The Labute approximate surface area is 97.9 Å². The topological polar surface area (TPSA) is 57.4 Å². The molecule has 0 aromatic carbocycles. The van der Waals surface area contributed by atoms with Crippen molar-refractivity contribution in [1.29, 1.82) is 0 Å². The molecule has 5 heteroatoms. The largest absolute Gasteiger partial charge is 0.485 e. The number of anilines is 1. The Hall–Kier alpha value is -0.810. The molecule has 1 aromatic heterocycles. The second-order valence-electron chi connectivity index (χ2n) is 3.13. The van der Waals surface area contributed by atoms with E-state index in [9.17, 15) is 0 Å². The van der Waals surface area contributed by atoms with Crippen LogP contribution < -0.4 is 10.5 Å². The highest BCUT2D eigenvalue weighted by Gasteiger charge is 2.10. The molecule has 0 spiro atoms. The Morgan fingerprint density at radius 2 is 2.27 bits per heavy atom. The quantitative estimate of drug-likeness (QED) is 0.895. The van der Waals surface area contributed by atoms with Crippen LogP contribution in [0.4, 0.5) is 5.69 Å². The first-order valence-electron chi connectivity index (χ1n) is 4.78. The molecule has 2 N–H and O–H groups in total. The second kappa shape index (κ2) is 5.92. The van der Waals surface area contributed by atoms with Crippen molar-refractivity contribution >= 4 is 21.6 Å². The van der Waals surface area contributed by atoms with Gasteiger partial charge in [0.1, 0.15) is 6.10 Å². The number of pyridine rings is 1. The van der Waals surface area contributed by atoms with E-state index in [1.165, 1.54) is 0 Å². The van der Waals surface area contributed by atoms with Crippen molar-refractivity contribution in [3.8, 4) is 5.75 Å². The number of ether oxygens (including phenoxy) is 2. The van der Waals surface area contributed by atoms with Crippen LogP contribution in [0.2, 0.25) is 0 Å². The number of hydrogen-bond donors (Lipinski definition) is 1. The number of nitrogens with zero attached hydrogens (tertiary/aromatic N) is 1. The monoisotopic (exact) mass is 274 g/mol. The van der Waals surface area contributed by atoms with Crippen molar-refractivity contribution in [3.63, 3.8) is 0 Å². The summed E-state index contributed by atoms with van der Waals surface area (Å²) in [6.45, 7) is 5.11. The summed E-state index contributed by atoms with van der Waals surface area (Å²) in [5.41, 5.74) is 6.26. The molecule has 15 heavy (non-hydrogen) atoms. The van der Waals surface area contributed by atoms with E-state index >= 15 is 0 Å². The number of nitrogens with two attached hydrogens (primary N) is 1. The third-order valence-electron chi connectivity index (χ3n) is 1.76. The van der Waals surface area contributed by atoms with Gasteiger partial charge in [0.25, 0.3) is 0 Å². The molecule has 0 radical (unpaired) electrons. The molecule has 0 saturated heterocycles. The van der Waals surface area contributed by atoms with Gasteiger partial charge in [-0.15, -0.1) is 0 Å². The van der Waals surface area contributed by atoms with Gasteiger partial charge in [-0.25, -0.2) is 0 Å². The van der Waals surface area contributed by atoms with E-state index in [2.05, 4.69) is 20.9 Å². The third-order valence-corrected chi connectivity index (χ3v) is 2.32. The summed E-state index contributed by atoms with van der Waals surface area (Å²) >= 11 is 3.34. The van der Waals surface area contributed by atoms with Gasteiger partial charge in [-0.1, -0.05) is 0 Å². The van der Waals surface area contributed by atoms with Crippen LogP contribution >= 0.6 is 15.9 Å². The minimum atomic E-state index is -0.0362. The maximum atomic E-state index is 5.74. The molecular formula is C10H15BrN2O2. The predicted octanol–water partition coefficient (Wildman–Crippen LogP) is 2.23. The zero-order valence-electron chi connectivity index (χ0n) is 8.87.